The van der Waals surface area contributed by atoms with Crippen LogP contribution in [0.1, 0.15) is 0 Å². The molecule has 0 bridgehead atoms. The van der Waals surface area contributed by atoms with Crippen LogP contribution in [0, 0.1) is 0 Å². The van der Waals surface area contributed by atoms with E-state index in [-0.39, 0.29) is 0 Å². The van der Waals surface area contributed by atoms with Crippen molar-refractivity contribution in [3.05, 3.63) is 60.7 Å². The van der Waals surface area contributed by atoms with Crippen LogP contribution >= 0.6 is 10.4 Å². The maximum atomic E-state index is 5.62. The SMILES string of the molecule is S=[As](c1ccccc1)c1ccccc1. The van der Waals surface area contributed by atoms with Crippen LogP contribution in [0.25, 0.3) is 0 Å². The maximum absolute atomic E-state index is 5.62. The molecule has 0 saturated heterocycles. The third kappa shape index (κ3) is 2.17. The van der Waals surface area contributed by atoms with Gasteiger partial charge in [-0.3, -0.25) is 0 Å². The molecule has 0 atom stereocenters. The summed E-state index contributed by atoms with van der Waals surface area (Å²) in [4.78, 5) is 0. The molecule has 0 N–H and O–H groups in total. The van der Waals surface area contributed by atoms with Crippen molar-refractivity contribution < 1.29 is 0 Å². The summed E-state index contributed by atoms with van der Waals surface area (Å²) in [5, 5.41) is 0. The predicted octanol–water partition coefficient (Wildman–Crippen LogP) is 1.99. The predicted molar refractivity (Wildman–Crippen MR) is 65.5 cm³/mol. The van der Waals surface area contributed by atoms with E-state index in [1.807, 2.05) is 12.1 Å². The van der Waals surface area contributed by atoms with Crippen molar-refractivity contribution in [3.63, 3.8) is 0 Å². The molecule has 0 unspecified atom stereocenters. The van der Waals surface area contributed by atoms with Gasteiger partial charge in [0, 0.05) is 0 Å². The summed E-state index contributed by atoms with van der Waals surface area (Å²) >= 11 is -1.41. The molecule has 0 fully saturated rings. The summed E-state index contributed by atoms with van der Waals surface area (Å²) in [6.45, 7) is 0. The molecule has 0 nitrogen and oxygen atoms in total. The first-order chi connectivity index (χ1) is 6.88. The zero-order valence-corrected chi connectivity index (χ0v) is 10.3. The van der Waals surface area contributed by atoms with E-state index in [1.54, 1.807) is 0 Å². The van der Waals surface area contributed by atoms with Gasteiger partial charge in [0.05, 0.1) is 0 Å². The number of hydrogen-bond acceptors (Lipinski definition) is 1. The van der Waals surface area contributed by atoms with Gasteiger partial charge in [-0.25, -0.2) is 0 Å². The average molecular weight is 261 g/mol. The molecule has 0 aromatic heterocycles. The van der Waals surface area contributed by atoms with Gasteiger partial charge in [0.2, 0.25) is 0 Å². The molecule has 0 saturated carbocycles. The minimum atomic E-state index is -1.41. The first-order valence-corrected chi connectivity index (χ1v) is 8.99. The van der Waals surface area contributed by atoms with Gasteiger partial charge in [0.15, 0.2) is 0 Å². The molecule has 2 rings (SSSR count). The van der Waals surface area contributed by atoms with Gasteiger partial charge in [-0.15, -0.1) is 0 Å². The second kappa shape index (κ2) is 4.63. The van der Waals surface area contributed by atoms with E-state index in [9.17, 15) is 0 Å². The van der Waals surface area contributed by atoms with Crippen molar-refractivity contribution in [1.29, 1.82) is 0 Å². The molecule has 0 aliphatic rings. The molecular weight excluding hydrogens is 251 g/mol. The van der Waals surface area contributed by atoms with Crippen LogP contribution in [0.3, 0.4) is 0 Å². The van der Waals surface area contributed by atoms with Crippen molar-refractivity contribution >= 4 is 32.1 Å². The van der Waals surface area contributed by atoms with Crippen molar-refractivity contribution in [2.24, 2.45) is 0 Å². The molecular formula is C12H10AsS. The fraction of sp³-hybridized carbons (Fsp3) is 0. The summed E-state index contributed by atoms with van der Waals surface area (Å²) in [5.41, 5.74) is 0. The van der Waals surface area contributed by atoms with Gasteiger partial charge in [-0.2, -0.15) is 0 Å². The van der Waals surface area contributed by atoms with Crippen molar-refractivity contribution in [2.75, 3.05) is 0 Å². The first kappa shape index (κ1) is 9.76. The Bertz CT molecular complexity index is 381. The van der Waals surface area contributed by atoms with Crippen LogP contribution in [0.5, 0.6) is 0 Å². The van der Waals surface area contributed by atoms with Crippen LogP contribution in [0.2, 0.25) is 0 Å². The van der Waals surface area contributed by atoms with Gasteiger partial charge < -0.3 is 0 Å². The van der Waals surface area contributed by atoms with Crippen molar-refractivity contribution in [2.45, 2.75) is 0 Å². The van der Waals surface area contributed by atoms with Crippen molar-refractivity contribution in [1.82, 2.24) is 0 Å². The molecule has 14 heavy (non-hydrogen) atoms. The minimum absolute atomic E-state index is 1.33. The Labute approximate surface area is 92.6 Å². The van der Waals surface area contributed by atoms with E-state index < -0.39 is 13.0 Å². The number of rotatable bonds is 2. The summed E-state index contributed by atoms with van der Waals surface area (Å²) in [6, 6.07) is 20.9. The fourth-order valence-corrected chi connectivity index (χ4v) is 5.02. The monoisotopic (exact) mass is 261 g/mol. The van der Waals surface area contributed by atoms with Gasteiger partial charge in [0.1, 0.15) is 0 Å². The fourth-order valence-electron chi connectivity index (χ4n) is 1.28. The number of hydrogen-bond donors (Lipinski definition) is 0. The first-order valence-electron chi connectivity index (χ1n) is 4.45. The Morgan fingerprint density at radius 1 is 0.643 bits per heavy atom. The topological polar surface area (TPSA) is 0 Å². The van der Waals surface area contributed by atoms with Crippen LogP contribution in [0.15, 0.2) is 60.7 Å². The van der Waals surface area contributed by atoms with E-state index in [0.29, 0.717) is 0 Å². The zero-order valence-electron chi connectivity index (χ0n) is 7.63. The summed E-state index contributed by atoms with van der Waals surface area (Å²) in [5.74, 6) is 0. The average Bonchev–Trinajstić information content (AvgIpc) is 2.30. The Balaban J connectivity index is 2.35. The summed E-state index contributed by atoms with van der Waals surface area (Å²) in [6.07, 6.45) is 0. The molecule has 2 aromatic carbocycles. The number of benzene rings is 2. The second-order valence-corrected chi connectivity index (χ2v) is 8.26. The van der Waals surface area contributed by atoms with Crippen LogP contribution < -0.4 is 8.70 Å². The zero-order chi connectivity index (χ0) is 9.80. The molecule has 0 aliphatic heterocycles. The van der Waals surface area contributed by atoms with E-state index in [0.717, 1.165) is 0 Å². The van der Waals surface area contributed by atoms with Gasteiger partial charge in [-0.05, 0) is 0 Å². The summed E-state index contributed by atoms with van der Waals surface area (Å²) < 4.78 is 2.67. The summed E-state index contributed by atoms with van der Waals surface area (Å²) in [7, 11) is 5.62. The molecule has 0 heterocycles. The Morgan fingerprint density at radius 3 is 1.36 bits per heavy atom. The van der Waals surface area contributed by atoms with Crippen molar-refractivity contribution in [3.8, 4) is 0 Å². The van der Waals surface area contributed by atoms with Gasteiger partial charge in [0.25, 0.3) is 0 Å². The molecule has 0 aliphatic carbocycles. The van der Waals surface area contributed by atoms with E-state index in [2.05, 4.69) is 48.5 Å². The Kier molecular flexibility index (Phi) is 3.23. The van der Waals surface area contributed by atoms with Gasteiger partial charge >= 0.3 is 92.7 Å². The third-order valence-electron chi connectivity index (χ3n) is 1.98. The molecule has 0 amide bonds. The Morgan fingerprint density at radius 2 is 1.00 bits per heavy atom. The Hall–Kier alpha value is -0.782. The van der Waals surface area contributed by atoms with Crippen LogP contribution in [-0.4, -0.2) is 13.0 Å². The molecule has 2 heteroatoms. The van der Waals surface area contributed by atoms with Crippen LogP contribution in [0.4, 0.5) is 0 Å². The molecule has 2 aromatic rings. The molecule has 69 valence electrons. The van der Waals surface area contributed by atoms with Gasteiger partial charge in [-0.1, -0.05) is 0 Å². The standard InChI is InChI=1S/C12H10AsS/c14-13(11-7-3-1-4-8-11)12-9-5-2-6-10-12/h1-10H. The molecule has 1 radical (unpaired) electrons. The normalized spacial score (nSPS) is 9.71. The third-order valence-corrected chi connectivity index (χ3v) is 7.39. The van der Waals surface area contributed by atoms with E-state index in [4.69, 9.17) is 10.4 Å². The molecule has 0 spiro atoms. The van der Waals surface area contributed by atoms with Crippen LogP contribution in [-0.2, 0) is 0 Å². The second-order valence-electron chi connectivity index (χ2n) is 2.97. The van der Waals surface area contributed by atoms with E-state index >= 15 is 0 Å². The van der Waals surface area contributed by atoms with E-state index in [1.165, 1.54) is 8.70 Å². The quantitative estimate of drug-likeness (QED) is 0.745.